The third-order valence-corrected chi connectivity index (χ3v) is 6.98. The van der Waals surface area contributed by atoms with Gasteiger partial charge in [0.15, 0.2) is 0 Å². The maximum Gasteiger partial charge on any atom is 0.248 e. The average molecular weight is 496 g/mol. The van der Waals surface area contributed by atoms with Crippen LogP contribution in [0.3, 0.4) is 0 Å². The Bertz CT molecular complexity index is 1310. The quantitative estimate of drug-likeness (QED) is 0.291. The van der Waals surface area contributed by atoms with Crippen molar-refractivity contribution in [2.24, 2.45) is 11.1 Å². The predicted molar refractivity (Wildman–Crippen MR) is 154 cm³/mol. The first-order valence-corrected chi connectivity index (χ1v) is 13.1. The minimum absolute atomic E-state index is 0.107. The molecule has 0 aliphatic rings. The van der Waals surface area contributed by atoms with E-state index in [0.717, 1.165) is 23.1 Å². The lowest BCUT2D eigenvalue weighted by Gasteiger charge is -2.36. The highest BCUT2D eigenvalue weighted by molar-refractivity contribution is 5.68. The summed E-state index contributed by atoms with van der Waals surface area (Å²) in [5.74, 6) is 1.44. The molecule has 1 heterocycles. The zero-order chi connectivity index (χ0) is 27.0. The zero-order valence-electron chi connectivity index (χ0n) is 23.6. The molecule has 1 atom stereocenters. The summed E-state index contributed by atoms with van der Waals surface area (Å²) in [7, 11) is 0. The van der Waals surface area contributed by atoms with Crippen LogP contribution in [0.1, 0.15) is 78.9 Å². The first kappa shape index (κ1) is 26.8. The summed E-state index contributed by atoms with van der Waals surface area (Å²) in [4.78, 5) is 0. The number of hydrogen-bond donors (Lipinski definition) is 1. The van der Waals surface area contributed by atoms with Gasteiger partial charge in [0, 0.05) is 16.7 Å². The van der Waals surface area contributed by atoms with Gasteiger partial charge >= 0.3 is 0 Å². The monoisotopic (exact) mass is 495 g/mol. The van der Waals surface area contributed by atoms with Gasteiger partial charge < -0.3 is 10.2 Å². The van der Waals surface area contributed by atoms with Gasteiger partial charge in [-0.25, -0.2) is 0 Å². The van der Waals surface area contributed by atoms with Crippen molar-refractivity contribution in [2.75, 3.05) is 0 Å². The second kappa shape index (κ2) is 9.90. The molecule has 0 saturated carbocycles. The van der Waals surface area contributed by atoms with E-state index in [9.17, 15) is 0 Å². The molecule has 0 bridgehead atoms. The van der Waals surface area contributed by atoms with Crippen molar-refractivity contribution in [2.45, 2.75) is 78.7 Å². The third kappa shape index (κ3) is 6.56. The fourth-order valence-corrected chi connectivity index (χ4v) is 4.73. The summed E-state index contributed by atoms with van der Waals surface area (Å²) in [6, 6.07) is 25.5. The molecule has 3 aromatic carbocycles. The highest BCUT2D eigenvalue weighted by Crippen LogP contribution is 2.40. The Morgan fingerprint density at radius 2 is 1.03 bits per heavy atom. The van der Waals surface area contributed by atoms with Crippen LogP contribution in [0.25, 0.3) is 34.0 Å². The number of aromatic nitrogens is 2. The molecule has 0 radical (unpaired) electrons. The minimum atomic E-state index is -0.211. The summed E-state index contributed by atoms with van der Waals surface area (Å²) in [5.41, 5.74) is 13.2. The molecule has 0 spiro atoms. The third-order valence-electron chi connectivity index (χ3n) is 6.98. The lowest BCUT2D eigenvalue weighted by Crippen LogP contribution is -2.37. The standard InChI is InChI=1S/C33H41N3O/c1-31(2,3)27-19-17-26(18-20-27)30-36-35-29(37-30)25-15-11-23(12-16-25)22-9-13-24(14-10-22)28(32(4,5)6)21-33(7,8)34/h9-20,28H,21,34H2,1-8H3. The normalized spacial score (nSPS) is 13.5. The van der Waals surface area contributed by atoms with Gasteiger partial charge in [0.25, 0.3) is 0 Å². The number of benzene rings is 3. The highest BCUT2D eigenvalue weighted by atomic mass is 16.4. The fraction of sp³-hybridized carbons (Fsp3) is 0.394. The smallest absolute Gasteiger partial charge is 0.248 e. The van der Waals surface area contributed by atoms with Crippen LogP contribution < -0.4 is 5.73 Å². The molecule has 1 unspecified atom stereocenters. The Morgan fingerprint density at radius 3 is 1.43 bits per heavy atom. The molecule has 0 saturated heterocycles. The molecule has 4 heteroatoms. The molecule has 4 rings (SSSR count). The van der Waals surface area contributed by atoms with Crippen LogP contribution in [0.5, 0.6) is 0 Å². The maximum atomic E-state index is 6.39. The van der Waals surface area contributed by atoms with Crippen LogP contribution in [0, 0.1) is 5.41 Å². The van der Waals surface area contributed by atoms with E-state index in [-0.39, 0.29) is 16.4 Å². The lowest BCUT2D eigenvalue weighted by atomic mass is 9.71. The second-order valence-corrected chi connectivity index (χ2v) is 13.1. The molecule has 4 aromatic rings. The number of nitrogens with zero attached hydrogens (tertiary/aromatic N) is 2. The summed E-state index contributed by atoms with van der Waals surface area (Å²) in [6.07, 6.45) is 0.942. The summed E-state index contributed by atoms with van der Waals surface area (Å²) in [6.45, 7) is 17.7. The molecular formula is C33H41N3O. The molecule has 0 aliphatic carbocycles. The molecule has 194 valence electrons. The Hall–Kier alpha value is -3.24. The fourth-order valence-electron chi connectivity index (χ4n) is 4.73. The molecule has 2 N–H and O–H groups in total. The number of hydrogen-bond acceptors (Lipinski definition) is 4. The average Bonchev–Trinajstić information content (AvgIpc) is 3.32. The Balaban J connectivity index is 1.51. The van der Waals surface area contributed by atoms with Gasteiger partial charge in [0.2, 0.25) is 11.8 Å². The van der Waals surface area contributed by atoms with Crippen LogP contribution >= 0.6 is 0 Å². The van der Waals surface area contributed by atoms with Gasteiger partial charge in [0.05, 0.1) is 0 Å². The first-order chi connectivity index (χ1) is 17.2. The molecule has 0 amide bonds. The molecule has 37 heavy (non-hydrogen) atoms. The van der Waals surface area contributed by atoms with Crippen LogP contribution in [0.2, 0.25) is 0 Å². The molecule has 0 aliphatic heterocycles. The van der Waals surface area contributed by atoms with Crippen molar-refractivity contribution >= 4 is 0 Å². The summed E-state index contributed by atoms with van der Waals surface area (Å²) in [5, 5.41) is 8.57. The Kier molecular flexibility index (Phi) is 7.18. The van der Waals surface area contributed by atoms with Gasteiger partial charge in [-0.2, -0.15) is 0 Å². The Morgan fingerprint density at radius 1 is 0.622 bits per heavy atom. The number of rotatable bonds is 6. The van der Waals surface area contributed by atoms with Crippen LogP contribution in [-0.2, 0) is 5.41 Å². The van der Waals surface area contributed by atoms with E-state index in [1.165, 1.54) is 16.7 Å². The zero-order valence-corrected chi connectivity index (χ0v) is 23.6. The van der Waals surface area contributed by atoms with Gasteiger partial charge in [-0.1, -0.05) is 90.1 Å². The first-order valence-electron chi connectivity index (χ1n) is 13.1. The Labute approximate surface area is 222 Å². The van der Waals surface area contributed by atoms with Gasteiger partial charge in [-0.3, -0.25) is 0 Å². The van der Waals surface area contributed by atoms with Crippen LogP contribution in [0.15, 0.2) is 77.2 Å². The van der Waals surface area contributed by atoms with Crippen LogP contribution in [-0.4, -0.2) is 15.7 Å². The van der Waals surface area contributed by atoms with E-state index >= 15 is 0 Å². The van der Waals surface area contributed by atoms with Crippen LogP contribution in [0.4, 0.5) is 0 Å². The van der Waals surface area contributed by atoms with Crippen molar-refractivity contribution < 1.29 is 4.42 Å². The topological polar surface area (TPSA) is 64.9 Å². The molecule has 0 fully saturated rings. The van der Waals surface area contributed by atoms with E-state index < -0.39 is 0 Å². The van der Waals surface area contributed by atoms with Crippen molar-refractivity contribution in [3.05, 3.63) is 83.9 Å². The van der Waals surface area contributed by atoms with Crippen molar-refractivity contribution in [3.8, 4) is 34.0 Å². The lowest BCUT2D eigenvalue weighted by molar-refractivity contribution is 0.263. The molecule has 4 nitrogen and oxygen atoms in total. The van der Waals surface area contributed by atoms with E-state index in [2.05, 4.69) is 114 Å². The van der Waals surface area contributed by atoms with E-state index in [1.54, 1.807) is 0 Å². The SMILES string of the molecule is CC(C)(N)CC(c1ccc(-c2ccc(-c3nnc(-c4ccc(C(C)(C)C)cc4)o3)cc2)cc1)C(C)(C)C. The van der Waals surface area contributed by atoms with Gasteiger partial charge in [-0.05, 0) is 83.5 Å². The van der Waals surface area contributed by atoms with Gasteiger partial charge in [0.1, 0.15) is 0 Å². The van der Waals surface area contributed by atoms with Gasteiger partial charge in [-0.15, -0.1) is 10.2 Å². The summed E-state index contributed by atoms with van der Waals surface area (Å²) >= 11 is 0. The minimum Gasteiger partial charge on any atom is -0.416 e. The van der Waals surface area contributed by atoms with E-state index in [0.29, 0.717) is 17.7 Å². The van der Waals surface area contributed by atoms with E-state index in [4.69, 9.17) is 10.2 Å². The second-order valence-electron chi connectivity index (χ2n) is 13.1. The highest BCUT2D eigenvalue weighted by Gasteiger charge is 2.30. The molecular weight excluding hydrogens is 454 g/mol. The predicted octanol–water partition coefficient (Wildman–Crippen LogP) is 8.63. The number of nitrogens with two attached hydrogens (primary N) is 1. The summed E-state index contributed by atoms with van der Waals surface area (Å²) < 4.78 is 6.01. The van der Waals surface area contributed by atoms with Crippen molar-refractivity contribution in [1.82, 2.24) is 10.2 Å². The maximum absolute atomic E-state index is 6.39. The van der Waals surface area contributed by atoms with E-state index in [1.807, 2.05) is 24.3 Å². The largest absolute Gasteiger partial charge is 0.416 e. The molecule has 1 aromatic heterocycles. The van der Waals surface area contributed by atoms with Crippen molar-refractivity contribution in [1.29, 1.82) is 0 Å². The van der Waals surface area contributed by atoms with Crippen molar-refractivity contribution in [3.63, 3.8) is 0 Å².